The zero-order chi connectivity index (χ0) is 8.43. The van der Waals surface area contributed by atoms with Gasteiger partial charge in [0.2, 0.25) is 6.41 Å². The summed E-state index contributed by atoms with van der Waals surface area (Å²) in [4.78, 5) is 22.3. The summed E-state index contributed by atoms with van der Waals surface area (Å²) >= 11 is 0. The molecule has 0 saturated carbocycles. The zero-order valence-corrected chi connectivity index (χ0v) is 6.61. The largest absolute Gasteiger partial charge is 0.447 e. The van der Waals surface area contributed by atoms with Gasteiger partial charge in [-0.3, -0.25) is 4.79 Å². The van der Waals surface area contributed by atoms with Crippen LogP contribution in [0, 0.1) is 5.92 Å². The van der Waals surface area contributed by atoms with Gasteiger partial charge in [0.15, 0.2) is 0 Å². The number of carbonyl (C=O) groups excluding carboxylic acids is 2. The van der Waals surface area contributed by atoms with E-state index in [0.717, 1.165) is 4.90 Å². The van der Waals surface area contributed by atoms with Crippen molar-refractivity contribution in [2.45, 2.75) is 19.9 Å². The second-order valence-electron chi connectivity index (χ2n) is 2.90. The summed E-state index contributed by atoms with van der Waals surface area (Å²) in [6.07, 6.45) is -0.00120. The van der Waals surface area contributed by atoms with Gasteiger partial charge in [-0.1, -0.05) is 13.8 Å². The number of nitrogens with zero attached hydrogens (tertiary/aromatic N) is 1. The van der Waals surface area contributed by atoms with Crippen molar-refractivity contribution in [1.29, 1.82) is 0 Å². The summed E-state index contributed by atoms with van der Waals surface area (Å²) in [5.41, 5.74) is 0. The molecule has 0 aliphatic carbocycles. The van der Waals surface area contributed by atoms with Gasteiger partial charge in [0.05, 0.1) is 6.04 Å². The Hall–Kier alpha value is -1.06. The molecular weight excluding hydrogens is 146 g/mol. The quantitative estimate of drug-likeness (QED) is 0.552. The Morgan fingerprint density at radius 2 is 2.36 bits per heavy atom. The van der Waals surface area contributed by atoms with Crippen molar-refractivity contribution < 1.29 is 14.3 Å². The first-order valence-electron chi connectivity index (χ1n) is 3.57. The molecule has 62 valence electrons. The number of hydrogen-bond acceptors (Lipinski definition) is 3. The van der Waals surface area contributed by atoms with E-state index in [1.165, 1.54) is 0 Å². The lowest BCUT2D eigenvalue weighted by molar-refractivity contribution is -0.116. The Morgan fingerprint density at radius 3 is 2.73 bits per heavy atom. The topological polar surface area (TPSA) is 46.6 Å². The third kappa shape index (κ3) is 1.34. The molecule has 0 N–H and O–H groups in total. The molecule has 0 bridgehead atoms. The molecule has 11 heavy (non-hydrogen) atoms. The van der Waals surface area contributed by atoms with Gasteiger partial charge in [0, 0.05) is 0 Å². The SMILES string of the molecule is CC(C)C1COC(=O)N1C=O. The molecule has 1 aliphatic heterocycles. The van der Waals surface area contributed by atoms with E-state index in [4.69, 9.17) is 0 Å². The normalized spacial score (nSPS) is 24.1. The average molecular weight is 157 g/mol. The monoisotopic (exact) mass is 157 g/mol. The number of rotatable bonds is 2. The third-order valence-corrected chi connectivity index (χ3v) is 1.83. The fourth-order valence-corrected chi connectivity index (χ4v) is 1.08. The molecule has 1 heterocycles. The highest BCUT2D eigenvalue weighted by Crippen LogP contribution is 2.16. The van der Waals surface area contributed by atoms with Gasteiger partial charge >= 0.3 is 6.09 Å². The second-order valence-corrected chi connectivity index (χ2v) is 2.90. The summed E-state index contributed by atoms with van der Waals surface area (Å²) in [7, 11) is 0. The van der Waals surface area contributed by atoms with Gasteiger partial charge in [-0.25, -0.2) is 9.69 Å². The van der Waals surface area contributed by atoms with Crippen LogP contribution in [0.4, 0.5) is 4.79 Å². The van der Waals surface area contributed by atoms with E-state index in [9.17, 15) is 9.59 Å². The number of ether oxygens (including phenoxy) is 1. The van der Waals surface area contributed by atoms with Crippen molar-refractivity contribution in [3.63, 3.8) is 0 Å². The number of carbonyl (C=O) groups is 2. The van der Waals surface area contributed by atoms with E-state index in [2.05, 4.69) is 4.74 Å². The van der Waals surface area contributed by atoms with Gasteiger partial charge in [0.1, 0.15) is 6.61 Å². The van der Waals surface area contributed by atoms with Crippen LogP contribution in [0.5, 0.6) is 0 Å². The lowest BCUT2D eigenvalue weighted by atomic mass is 10.1. The Kier molecular flexibility index (Phi) is 2.12. The molecular formula is C7H11NO3. The minimum absolute atomic E-state index is 0.0833. The van der Waals surface area contributed by atoms with Crippen LogP contribution in [0.25, 0.3) is 0 Å². The molecule has 1 rings (SSSR count). The Bertz CT molecular complexity index is 179. The van der Waals surface area contributed by atoms with Gasteiger partial charge in [-0.2, -0.15) is 0 Å². The van der Waals surface area contributed by atoms with Crippen molar-refractivity contribution in [3.05, 3.63) is 0 Å². The predicted molar refractivity (Wildman–Crippen MR) is 37.9 cm³/mol. The van der Waals surface area contributed by atoms with Crippen molar-refractivity contribution >= 4 is 12.5 Å². The van der Waals surface area contributed by atoms with E-state index in [-0.39, 0.29) is 12.0 Å². The smallest absolute Gasteiger partial charge is 0.416 e. The lowest BCUT2D eigenvalue weighted by Gasteiger charge is -2.17. The summed E-state index contributed by atoms with van der Waals surface area (Å²) in [6, 6.07) is -0.0833. The number of imide groups is 1. The fourth-order valence-electron chi connectivity index (χ4n) is 1.08. The summed E-state index contributed by atoms with van der Waals surface area (Å²) < 4.78 is 4.69. The van der Waals surface area contributed by atoms with Crippen molar-refractivity contribution in [3.8, 4) is 0 Å². The first-order valence-corrected chi connectivity index (χ1v) is 3.57. The molecule has 1 unspecified atom stereocenters. The van der Waals surface area contributed by atoms with Crippen LogP contribution in [-0.2, 0) is 9.53 Å². The highest BCUT2D eigenvalue weighted by molar-refractivity contribution is 5.82. The zero-order valence-electron chi connectivity index (χ0n) is 6.61. The molecule has 1 aliphatic rings. The third-order valence-electron chi connectivity index (χ3n) is 1.83. The molecule has 1 atom stereocenters. The van der Waals surface area contributed by atoms with E-state index in [1.54, 1.807) is 0 Å². The lowest BCUT2D eigenvalue weighted by Crippen LogP contribution is -2.35. The van der Waals surface area contributed by atoms with Crippen LogP contribution >= 0.6 is 0 Å². The maximum Gasteiger partial charge on any atom is 0.416 e. The molecule has 4 nitrogen and oxygen atoms in total. The maximum atomic E-state index is 10.8. The Labute approximate surface area is 65.1 Å². The van der Waals surface area contributed by atoms with Gasteiger partial charge in [0.25, 0.3) is 0 Å². The number of hydrogen-bond donors (Lipinski definition) is 0. The van der Waals surface area contributed by atoms with Crippen LogP contribution in [0.2, 0.25) is 0 Å². The first kappa shape index (κ1) is 8.04. The molecule has 2 amide bonds. The van der Waals surface area contributed by atoms with Crippen molar-refractivity contribution in [2.24, 2.45) is 5.92 Å². The molecule has 0 aromatic rings. The van der Waals surface area contributed by atoms with E-state index in [1.807, 2.05) is 13.8 Å². The van der Waals surface area contributed by atoms with Crippen molar-refractivity contribution in [1.82, 2.24) is 4.90 Å². The standard InChI is InChI=1S/C7H11NO3/c1-5(2)6-3-11-7(10)8(6)4-9/h4-6H,3H2,1-2H3. The average Bonchev–Trinajstić information content (AvgIpc) is 2.30. The second kappa shape index (κ2) is 2.90. The van der Waals surface area contributed by atoms with Gasteiger partial charge in [-0.15, -0.1) is 0 Å². The molecule has 1 saturated heterocycles. The summed E-state index contributed by atoms with van der Waals surface area (Å²) in [5.74, 6) is 0.256. The van der Waals surface area contributed by atoms with Crippen LogP contribution in [0.3, 0.4) is 0 Å². The summed E-state index contributed by atoms with van der Waals surface area (Å²) in [5, 5.41) is 0. The van der Waals surface area contributed by atoms with Crippen LogP contribution < -0.4 is 0 Å². The number of amides is 2. The molecule has 4 heteroatoms. The van der Waals surface area contributed by atoms with E-state index < -0.39 is 6.09 Å². The van der Waals surface area contributed by atoms with Crippen LogP contribution in [0.15, 0.2) is 0 Å². The Balaban J connectivity index is 2.68. The fraction of sp³-hybridized carbons (Fsp3) is 0.714. The van der Waals surface area contributed by atoms with E-state index in [0.29, 0.717) is 13.0 Å². The molecule has 0 aromatic heterocycles. The van der Waals surface area contributed by atoms with Crippen molar-refractivity contribution in [2.75, 3.05) is 6.61 Å². The van der Waals surface area contributed by atoms with Crippen LogP contribution in [0.1, 0.15) is 13.8 Å². The molecule has 1 fully saturated rings. The first-order chi connectivity index (χ1) is 5.16. The number of cyclic esters (lactones) is 1. The van der Waals surface area contributed by atoms with E-state index >= 15 is 0 Å². The highest BCUT2D eigenvalue weighted by Gasteiger charge is 2.34. The minimum atomic E-state index is -0.529. The molecule has 0 radical (unpaired) electrons. The van der Waals surface area contributed by atoms with Gasteiger partial charge < -0.3 is 4.74 Å². The van der Waals surface area contributed by atoms with Crippen LogP contribution in [-0.4, -0.2) is 30.1 Å². The highest BCUT2D eigenvalue weighted by atomic mass is 16.6. The Morgan fingerprint density at radius 1 is 1.73 bits per heavy atom. The minimum Gasteiger partial charge on any atom is -0.447 e. The molecule has 0 spiro atoms. The van der Waals surface area contributed by atoms with Gasteiger partial charge in [-0.05, 0) is 5.92 Å². The summed E-state index contributed by atoms with van der Waals surface area (Å²) in [6.45, 7) is 4.22. The molecule has 0 aromatic carbocycles. The maximum absolute atomic E-state index is 10.8. The predicted octanol–water partition coefficient (Wildman–Crippen LogP) is 0.620.